The zero-order valence-electron chi connectivity index (χ0n) is 20.1. The van der Waals surface area contributed by atoms with Gasteiger partial charge in [-0.05, 0) is 47.9 Å². The van der Waals surface area contributed by atoms with Crippen molar-refractivity contribution < 1.29 is 18.7 Å². The van der Waals surface area contributed by atoms with E-state index in [1.54, 1.807) is 24.3 Å². The predicted molar refractivity (Wildman–Crippen MR) is 141 cm³/mol. The fourth-order valence-electron chi connectivity index (χ4n) is 3.66. The van der Waals surface area contributed by atoms with Crippen LogP contribution in [0.1, 0.15) is 30.9 Å². The van der Waals surface area contributed by atoms with E-state index in [-0.39, 0.29) is 29.9 Å². The molecule has 0 unspecified atom stereocenters. The molecule has 1 atom stereocenters. The Morgan fingerprint density at radius 2 is 1.72 bits per heavy atom. The molecule has 190 valence electrons. The molecule has 2 amide bonds. The van der Waals surface area contributed by atoms with Crippen molar-refractivity contribution in [2.75, 3.05) is 13.2 Å². The second-order valence-electron chi connectivity index (χ2n) is 8.36. The van der Waals surface area contributed by atoms with Gasteiger partial charge in [0.2, 0.25) is 5.91 Å². The largest absolute Gasteiger partial charge is 0.482 e. The fourth-order valence-corrected chi connectivity index (χ4v) is 4.12. The summed E-state index contributed by atoms with van der Waals surface area (Å²) in [5.41, 5.74) is 1.60. The molecule has 0 bridgehead atoms. The van der Waals surface area contributed by atoms with Crippen LogP contribution in [-0.4, -0.2) is 35.9 Å². The van der Waals surface area contributed by atoms with Crippen molar-refractivity contribution >= 4 is 35.0 Å². The summed E-state index contributed by atoms with van der Waals surface area (Å²) in [6.07, 6.45) is 2.07. The molecule has 0 heterocycles. The minimum atomic E-state index is -0.800. The molecule has 8 heteroatoms. The lowest BCUT2D eigenvalue weighted by atomic mass is 10.0. The van der Waals surface area contributed by atoms with Gasteiger partial charge in [0, 0.05) is 24.5 Å². The Hall–Kier alpha value is -3.09. The number of unbranched alkanes of at least 4 members (excludes halogenated alkanes) is 1. The van der Waals surface area contributed by atoms with Gasteiger partial charge < -0.3 is 15.0 Å². The van der Waals surface area contributed by atoms with Crippen molar-refractivity contribution in [3.63, 3.8) is 0 Å². The molecule has 0 saturated heterocycles. The maximum atomic E-state index is 13.5. The molecule has 0 spiro atoms. The SMILES string of the molecule is CCCCNC(=O)[C@H](Cc1ccccc1)N(Cc1ccc(F)cc1)C(=O)COc1ccc(Cl)cc1Cl. The number of hydrogen-bond donors (Lipinski definition) is 1. The van der Waals surface area contributed by atoms with Crippen LogP contribution in [0.15, 0.2) is 72.8 Å². The summed E-state index contributed by atoms with van der Waals surface area (Å²) in [5, 5.41) is 3.68. The molecule has 1 N–H and O–H groups in total. The lowest BCUT2D eigenvalue weighted by molar-refractivity contribution is -0.142. The predicted octanol–water partition coefficient (Wildman–Crippen LogP) is 6.07. The second-order valence-corrected chi connectivity index (χ2v) is 9.21. The number of hydrogen-bond acceptors (Lipinski definition) is 3. The van der Waals surface area contributed by atoms with Gasteiger partial charge in [-0.25, -0.2) is 4.39 Å². The van der Waals surface area contributed by atoms with Crippen molar-refractivity contribution in [1.29, 1.82) is 0 Å². The van der Waals surface area contributed by atoms with E-state index < -0.39 is 11.9 Å². The topological polar surface area (TPSA) is 58.6 Å². The van der Waals surface area contributed by atoms with E-state index in [2.05, 4.69) is 5.32 Å². The van der Waals surface area contributed by atoms with E-state index in [0.717, 1.165) is 18.4 Å². The van der Waals surface area contributed by atoms with Gasteiger partial charge in [-0.15, -0.1) is 0 Å². The molecule has 3 aromatic rings. The number of nitrogens with zero attached hydrogens (tertiary/aromatic N) is 1. The van der Waals surface area contributed by atoms with Crippen molar-refractivity contribution in [3.8, 4) is 5.75 Å². The van der Waals surface area contributed by atoms with Crippen molar-refractivity contribution in [1.82, 2.24) is 10.2 Å². The zero-order chi connectivity index (χ0) is 25.9. The van der Waals surface area contributed by atoms with Gasteiger partial charge >= 0.3 is 0 Å². The Morgan fingerprint density at radius 3 is 2.39 bits per heavy atom. The van der Waals surface area contributed by atoms with Crippen LogP contribution in [0.25, 0.3) is 0 Å². The van der Waals surface area contributed by atoms with Crippen molar-refractivity contribution in [2.45, 2.75) is 38.8 Å². The van der Waals surface area contributed by atoms with E-state index in [4.69, 9.17) is 27.9 Å². The lowest BCUT2D eigenvalue weighted by Gasteiger charge is -2.31. The summed E-state index contributed by atoms with van der Waals surface area (Å²) in [4.78, 5) is 28.3. The van der Waals surface area contributed by atoms with Crippen molar-refractivity contribution in [3.05, 3.63) is 99.8 Å². The van der Waals surface area contributed by atoms with Crippen LogP contribution >= 0.6 is 23.2 Å². The molecular formula is C28H29Cl2FN2O3. The van der Waals surface area contributed by atoms with E-state index in [0.29, 0.717) is 29.3 Å². The third kappa shape index (κ3) is 8.25. The van der Waals surface area contributed by atoms with E-state index >= 15 is 0 Å². The van der Waals surface area contributed by atoms with Gasteiger partial charge in [-0.1, -0.05) is 79.0 Å². The minimum absolute atomic E-state index is 0.107. The fraction of sp³-hybridized carbons (Fsp3) is 0.286. The van der Waals surface area contributed by atoms with Gasteiger partial charge in [0.1, 0.15) is 17.6 Å². The van der Waals surface area contributed by atoms with Crippen molar-refractivity contribution in [2.24, 2.45) is 0 Å². The number of carbonyl (C=O) groups excluding carboxylic acids is 2. The molecule has 3 aromatic carbocycles. The Morgan fingerprint density at radius 1 is 1.00 bits per heavy atom. The number of carbonyl (C=O) groups is 2. The molecule has 0 aromatic heterocycles. The number of benzene rings is 3. The number of ether oxygens (including phenoxy) is 1. The molecule has 36 heavy (non-hydrogen) atoms. The van der Waals surface area contributed by atoms with Gasteiger partial charge in [0.15, 0.2) is 6.61 Å². The summed E-state index contributed by atoms with van der Waals surface area (Å²) in [6.45, 7) is 2.32. The Labute approximate surface area is 221 Å². The standard InChI is InChI=1S/C28H29Cl2FN2O3/c1-2-3-15-32-28(35)25(16-20-7-5-4-6-8-20)33(18-21-9-12-23(31)13-10-21)27(34)19-36-26-14-11-22(29)17-24(26)30/h4-14,17,25H,2-3,15-16,18-19H2,1H3,(H,32,35)/t25-/m0/s1. The molecule has 3 rings (SSSR count). The monoisotopic (exact) mass is 530 g/mol. The van der Waals surface area contributed by atoms with Crippen LogP contribution in [0.2, 0.25) is 10.0 Å². The molecule has 0 saturated carbocycles. The lowest BCUT2D eigenvalue weighted by Crippen LogP contribution is -2.51. The normalized spacial score (nSPS) is 11.6. The summed E-state index contributed by atoms with van der Waals surface area (Å²) >= 11 is 12.1. The van der Waals surface area contributed by atoms with Gasteiger partial charge in [0.25, 0.3) is 5.91 Å². The highest BCUT2D eigenvalue weighted by Gasteiger charge is 2.30. The van der Waals surface area contributed by atoms with Gasteiger partial charge in [-0.2, -0.15) is 0 Å². The molecule has 0 fully saturated rings. The summed E-state index contributed by atoms with van der Waals surface area (Å²) in [6, 6.07) is 19.3. The van der Waals surface area contributed by atoms with Crippen LogP contribution in [0.5, 0.6) is 5.75 Å². The highest BCUT2D eigenvalue weighted by atomic mass is 35.5. The number of halogens is 3. The first-order valence-corrected chi connectivity index (χ1v) is 12.6. The average molecular weight is 531 g/mol. The van der Waals surface area contributed by atoms with E-state index in [1.165, 1.54) is 23.1 Å². The zero-order valence-corrected chi connectivity index (χ0v) is 21.6. The molecule has 0 aliphatic rings. The maximum absolute atomic E-state index is 13.5. The third-order valence-corrected chi connectivity index (χ3v) is 6.14. The molecular weight excluding hydrogens is 502 g/mol. The van der Waals surface area contributed by atoms with Gasteiger partial charge in [-0.3, -0.25) is 9.59 Å². The smallest absolute Gasteiger partial charge is 0.261 e. The first-order valence-electron chi connectivity index (χ1n) is 11.8. The molecule has 0 aliphatic heterocycles. The summed E-state index contributed by atoms with van der Waals surface area (Å²) in [5.74, 6) is -0.733. The van der Waals surface area contributed by atoms with Crippen LogP contribution in [0.3, 0.4) is 0 Å². The van der Waals surface area contributed by atoms with E-state index in [1.807, 2.05) is 37.3 Å². The third-order valence-electron chi connectivity index (χ3n) is 5.61. The highest BCUT2D eigenvalue weighted by Crippen LogP contribution is 2.27. The highest BCUT2D eigenvalue weighted by molar-refractivity contribution is 6.35. The number of nitrogens with one attached hydrogen (secondary N) is 1. The first-order chi connectivity index (χ1) is 17.4. The summed E-state index contributed by atoms with van der Waals surface area (Å²) < 4.78 is 19.2. The Balaban J connectivity index is 1.88. The van der Waals surface area contributed by atoms with Crippen LogP contribution in [-0.2, 0) is 22.6 Å². The second kappa shape index (κ2) is 13.9. The van der Waals surface area contributed by atoms with Crippen LogP contribution < -0.4 is 10.1 Å². The number of rotatable bonds is 12. The maximum Gasteiger partial charge on any atom is 0.261 e. The molecule has 0 radical (unpaired) electrons. The van der Waals surface area contributed by atoms with Gasteiger partial charge in [0.05, 0.1) is 5.02 Å². The van der Waals surface area contributed by atoms with Crippen LogP contribution in [0, 0.1) is 5.82 Å². The first kappa shape index (κ1) is 27.5. The van der Waals surface area contributed by atoms with Crippen LogP contribution in [0.4, 0.5) is 4.39 Å². The summed E-state index contributed by atoms with van der Waals surface area (Å²) in [7, 11) is 0. The minimum Gasteiger partial charge on any atom is -0.482 e. The quantitative estimate of drug-likeness (QED) is 0.289. The van der Waals surface area contributed by atoms with E-state index in [9.17, 15) is 14.0 Å². The molecule has 5 nitrogen and oxygen atoms in total. The molecule has 0 aliphatic carbocycles. The number of amides is 2. The Kier molecular flexibility index (Phi) is 10.6. The Bertz CT molecular complexity index is 1140. The average Bonchev–Trinajstić information content (AvgIpc) is 2.87.